The molecular formula is C21H22FNO6. The maximum Gasteiger partial charge on any atom is 0.331 e. The molecule has 154 valence electrons. The SMILES string of the molecule is COc1cc(/C=C/C(=O)O[C@H](C)C(=O)Nc2ccc(F)cc2)cc(OC)c1OC. The molecule has 2 rings (SSSR count). The first-order valence-corrected chi connectivity index (χ1v) is 8.63. The van der Waals surface area contributed by atoms with E-state index in [4.69, 9.17) is 18.9 Å². The van der Waals surface area contributed by atoms with E-state index in [9.17, 15) is 14.0 Å². The minimum atomic E-state index is -1.04. The summed E-state index contributed by atoms with van der Waals surface area (Å²) in [5.74, 6) is -0.356. The molecule has 0 fully saturated rings. The molecule has 0 aromatic heterocycles. The van der Waals surface area contributed by atoms with Gasteiger partial charge in [-0.25, -0.2) is 9.18 Å². The van der Waals surface area contributed by atoms with Gasteiger partial charge in [-0.2, -0.15) is 0 Å². The third kappa shape index (κ3) is 5.97. The Labute approximate surface area is 168 Å². The molecule has 0 aliphatic rings. The smallest absolute Gasteiger partial charge is 0.331 e. The zero-order chi connectivity index (χ0) is 21.4. The van der Waals surface area contributed by atoms with Crippen LogP contribution in [0.1, 0.15) is 12.5 Å². The monoisotopic (exact) mass is 403 g/mol. The molecule has 2 aromatic carbocycles. The number of carbonyl (C=O) groups excluding carboxylic acids is 2. The van der Waals surface area contributed by atoms with Crippen LogP contribution in [0.5, 0.6) is 17.2 Å². The summed E-state index contributed by atoms with van der Waals surface area (Å²) >= 11 is 0. The van der Waals surface area contributed by atoms with Crippen LogP contribution >= 0.6 is 0 Å². The van der Waals surface area contributed by atoms with Gasteiger partial charge in [-0.3, -0.25) is 4.79 Å². The fourth-order valence-electron chi connectivity index (χ4n) is 2.41. The first-order chi connectivity index (χ1) is 13.9. The Hall–Kier alpha value is -3.55. The summed E-state index contributed by atoms with van der Waals surface area (Å²) < 4.78 is 33.7. The quantitative estimate of drug-likeness (QED) is 0.537. The standard InChI is InChI=1S/C21H22FNO6/c1-13(21(25)23-16-8-6-15(22)7-9-16)29-19(24)10-5-14-11-17(26-2)20(28-4)18(12-14)27-3/h5-13H,1-4H3,(H,23,25)/b10-5+/t13-/m1/s1. The molecule has 0 spiro atoms. The van der Waals surface area contributed by atoms with E-state index in [0.29, 0.717) is 28.5 Å². The molecule has 1 N–H and O–H groups in total. The van der Waals surface area contributed by atoms with Crippen molar-refractivity contribution in [2.75, 3.05) is 26.6 Å². The molecule has 0 heterocycles. The molecule has 0 aliphatic carbocycles. The second-order valence-corrected chi connectivity index (χ2v) is 5.87. The van der Waals surface area contributed by atoms with Crippen molar-refractivity contribution < 1.29 is 32.9 Å². The number of halogens is 1. The lowest BCUT2D eigenvalue weighted by atomic mass is 10.1. The van der Waals surface area contributed by atoms with Gasteiger partial charge in [0.1, 0.15) is 5.82 Å². The van der Waals surface area contributed by atoms with Crippen LogP contribution < -0.4 is 19.5 Å². The van der Waals surface area contributed by atoms with Crippen molar-refractivity contribution in [3.05, 3.63) is 53.9 Å². The molecule has 2 aromatic rings. The molecule has 1 amide bonds. The molecular weight excluding hydrogens is 381 g/mol. The molecule has 7 nitrogen and oxygen atoms in total. The van der Waals surface area contributed by atoms with Crippen molar-refractivity contribution in [1.82, 2.24) is 0 Å². The number of rotatable bonds is 8. The number of methoxy groups -OCH3 is 3. The Morgan fingerprint density at radius 3 is 2.10 bits per heavy atom. The second kappa shape index (κ2) is 10.1. The van der Waals surface area contributed by atoms with Crippen LogP contribution in [-0.4, -0.2) is 39.3 Å². The lowest BCUT2D eigenvalue weighted by Crippen LogP contribution is -2.29. The van der Waals surface area contributed by atoms with Gasteiger partial charge in [0.2, 0.25) is 5.75 Å². The van der Waals surface area contributed by atoms with Gasteiger partial charge in [0.15, 0.2) is 17.6 Å². The fourth-order valence-corrected chi connectivity index (χ4v) is 2.41. The van der Waals surface area contributed by atoms with Crippen molar-refractivity contribution in [3.63, 3.8) is 0 Å². The molecule has 8 heteroatoms. The Kier molecular flexibility index (Phi) is 7.59. The summed E-state index contributed by atoms with van der Waals surface area (Å²) in [6, 6.07) is 8.57. The molecule has 0 bridgehead atoms. The van der Waals surface area contributed by atoms with E-state index in [-0.39, 0.29) is 0 Å². The number of benzene rings is 2. The summed E-state index contributed by atoms with van der Waals surface area (Å²) in [5, 5.41) is 2.54. The predicted molar refractivity (Wildman–Crippen MR) is 106 cm³/mol. The number of anilines is 1. The topological polar surface area (TPSA) is 83.1 Å². The summed E-state index contributed by atoms with van der Waals surface area (Å²) in [5.41, 5.74) is 1.01. The van der Waals surface area contributed by atoms with Crippen molar-refractivity contribution in [1.29, 1.82) is 0 Å². The summed E-state index contributed by atoms with van der Waals surface area (Å²) in [4.78, 5) is 24.1. The number of nitrogens with one attached hydrogen (secondary N) is 1. The van der Waals surface area contributed by atoms with Crippen LogP contribution in [0.2, 0.25) is 0 Å². The van der Waals surface area contributed by atoms with Crippen LogP contribution in [0, 0.1) is 5.82 Å². The zero-order valence-electron chi connectivity index (χ0n) is 16.5. The van der Waals surface area contributed by atoms with E-state index in [2.05, 4.69) is 5.32 Å². The summed E-state index contributed by atoms with van der Waals surface area (Å²) in [6.45, 7) is 1.43. The number of hydrogen-bond donors (Lipinski definition) is 1. The van der Waals surface area contributed by atoms with Crippen molar-refractivity contribution in [2.24, 2.45) is 0 Å². The van der Waals surface area contributed by atoms with Crippen LogP contribution in [-0.2, 0) is 14.3 Å². The normalized spacial score (nSPS) is 11.6. The molecule has 0 saturated heterocycles. The minimum Gasteiger partial charge on any atom is -0.493 e. The van der Waals surface area contributed by atoms with Gasteiger partial charge >= 0.3 is 5.97 Å². The lowest BCUT2D eigenvalue weighted by Gasteiger charge is -2.13. The van der Waals surface area contributed by atoms with Crippen molar-refractivity contribution >= 4 is 23.6 Å². The third-order valence-electron chi connectivity index (χ3n) is 3.87. The van der Waals surface area contributed by atoms with E-state index in [1.54, 1.807) is 12.1 Å². The Balaban J connectivity index is 2.01. The largest absolute Gasteiger partial charge is 0.493 e. The Bertz CT molecular complexity index is 870. The number of carbonyl (C=O) groups is 2. The first kappa shape index (κ1) is 21.7. The molecule has 29 heavy (non-hydrogen) atoms. The Morgan fingerprint density at radius 1 is 1.00 bits per heavy atom. The molecule has 1 atom stereocenters. The van der Waals surface area contributed by atoms with Crippen LogP contribution in [0.4, 0.5) is 10.1 Å². The van der Waals surface area contributed by atoms with Gasteiger partial charge in [0, 0.05) is 11.8 Å². The van der Waals surface area contributed by atoms with E-state index in [1.165, 1.54) is 64.7 Å². The van der Waals surface area contributed by atoms with Gasteiger partial charge in [0.05, 0.1) is 21.3 Å². The summed E-state index contributed by atoms with van der Waals surface area (Å²) in [6.07, 6.45) is 1.64. The highest BCUT2D eigenvalue weighted by Gasteiger charge is 2.17. The van der Waals surface area contributed by atoms with Gasteiger partial charge in [0.25, 0.3) is 5.91 Å². The average Bonchev–Trinajstić information content (AvgIpc) is 2.72. The van der Waals surface area contributed by atoms with E-state index < -0.39 is 23.8 Å². The zero-order valence-corrected chi connectivity index (χ0v) is 16.5. The van der Waals surface area contributed by atoms with Gasteiger partial charge < -0.3 is 24.3 Å². The fraction of sp³-hybridized carbons (Fsp3) is 0.238. The van der Waals surface area contributed by atoms with Gasteiger partial charge in [-0.05, 0) is 55.0 Å². The maximum absolute atomic E-state index is 12.9. The number of ether oxygens (including phenoxy) is 4. The highest BCUT2D eigenvalue weighted by molar-refractivity contribution is 5.96. The van der Waals surface area contributed by atoms with Crippen LogP contribution in [0.25, 0.3) is 6.08 Å². The van der Waals surface area contributed by atoms with E-state index >= 15 is 0 Å². The van der Waals surface area contributed by atoms with Crippen LogP contribution in [0.3, 0.4) is 0 Å². The number of amides is 1. The predicted octanol–water partition coefficient (Wildman–Crippen LogP) is 3.44. The van der Waals surface area contributed by atoms with Crippen LogP contribution in [0.15, 0.2) is 42.5 Å². The molecule has 0 radical (unpaired) electrons. The highest BCUT2D eigenvalue weighted by atomic mass is 19.1. The average molecular weight is 403 g/mol. The highest BCUT2D eigenvalue weighted by Crippen LogP contribution is 2.38. The summed E-state index contributed by atoms with van der Waals surface area (Å²) in [7, 11) is 4.46. The number of hydrogen-bond acceptors (Lipinski definition) is 6. The van der Waals surface area contributed by atoms with Crippen molar-refractivity contribution in [3.8, 4) is 17.2 Å². The minimum absolute atomic E-state index is 0.396. The van der Waals surface area contributed by atoms with Gasteiger partial charge in [-0.15, -0.1) is 0 Å². The number of esters is 1. The van der Waals surface area contributed by atoms with Crippen molar-refractivity contribution in [2.45, 2.75) is 13.0 Å². The maximum atomic E-state index is 12.9. The van der Waals surface area contributed by atoms with Gasteiger partial charge in [-0.1, -0.05) is 0 Å². The molecule has 0 aliphatic heterocycles. The first-order valence-electron chi connectivity index (χ1n) is 8.63. The third-order valence-corrected chi connectivity index (χ3v) is 3.87. The molecule has 0 unspecified atom stereocenters. The van der Waals surface area contributed by atoms with E-state index in [0.717, 1.165) is 0 Å². The second-order valence-electron chi connectivity index (χ2n) is 5.87. The Morgan fingerprint density at radius 2 is 1.59 bits per heavy atom. The molecule has 0 saturated carbocycles. The lowest BCUT2D eigenvalue weighted by molar-refractivity contribution is -0.148. The van der Waals surface area contributed by atoms with E-state index in [1.807, 2.05) is 0 Å².